The third kappa shape index (κ3) is 2.76. The maximum Gasteiger partial charge on any atom is 0.203 e. The molecule has 0 aromatic carbocycles. The van der Waals surface area contributed by atoms with Gasteiger partial charge in [0, 0.05) is 25.9 Å². The molecule has 1 aromatic rings. The maximum atomic E-state index is 5.63. The monoisotopic (exact) mass is 223 g/mol. The molecular weight excluding hydrogens is 202 g/mol. The van der Waals surface area contributed by atoms with Gasteiger partial charge in [-0.2, -0.15) is 0 Å². The predicted octanol–water partition coefficient (Wildman–Crippen LogP) is 2.19. The lowest BCUT2D eigenvalue weighted by molar-refractivity contribution is 0.100. The summed E-state index contributed by atoms with van der Waals surface area (Å²) in [4.78, 5) is 4.46. The number of hydrogen-bond donors (Lipinski definition) is 1. The highest BCUT2D eigenvalue weighted by Crippen LogP contribution is 2.17. The van der Waals surface area contributed by atoms with Crippen molar-refractivity contribution in [2.75, 3.05) is 18.5 Å². The van der Waals surface area contributed by atoms with E-state index in [0.29, 0.717) is 6.10 Å². The number of aromatic nitrogens is 2. The molecule has 1 aliphatic heterocycles. The highest BCUT2D eigenvalue weighted by molar-refractivity contribution is 5.28. The van der Waals surface area contributed by atoms with E-state index >= 15 is 0 Å². The van der Waals surface area contributed by atoms with Gasteiger partial charge in [0.1, 0.15) is 0 Å². The van der Waals surface area contributed by atoms with E-state index in [1.54, 1.807) is 0 Å². The molecule has 1 saturated heterocycles. The fourth-order valence-electron chi connectivity index (χ4n) is 2.17. The van der Waals surface area contributed by atoms with E-state index in [2.05, 4.69) is 28.0 Å². The number of nitrogens with one attached hydrogen (secondary N) is 1. The van der Waals surface area contributed by atoms with Crippen molar-refractivity contribution >= 4 is 5.95 Å². The fourth-order valence-corrected chi connectivity index (χ4v) is 2.17. The SMILES string of the molecule is CCNc1nc(C)cn1CCC1CCCO1. The highest BCUT2D eigenvalue weighted by Gasteiger charge is 2.15. The summed E-state index contributed by atoms with van der Waals surface area (Å²) in [6.45, 7) is 6.97. The zero-order valence-corrected chi connectivity index (χ0v) is 10.2. The van der Waals surface area contributed by atoms with Gasteiger partial charge >= 0.3 is 0 Å². The molecule has 16 heavy (non-hydrogen) atoms. The number of ether oxygens (including phenoxy) is 1. The van der Waals surface area contributed by atoms with Crippen molar-refractivity contribution in [3.63, 3.8) is 0 Å². The summed E-state index contributed by atoms with van der Waals surface area (Å²) in [5, 5.41) is 3.28. The van der Waals surface area contributed by atoms with Crippen LogP contribution in [0.25, 0.3) is 0 Å². The fraction of sp³-hybridized carbons (Fsp3) is 0.750. The first-order valence-electron chi connectivity index (χ1n) is 6.19. The number of imidazole rings is 1. The molecule has 1 atom stereocenters. The second kappa shape index (κ2) is 5.34. The van der Waals surface area contributed by atoms with Gasteiger partial charge in [-0.1, -0.05) is 0 Å². The lowest BCUT2D eigenvalue weighted by Gasteiger charge is -2.11. The summed E-state index contributed by atoms with van der Waals surface area (Å²) in [5.41, 5.74) is 1.07. The quantitative estimate of drug-likeness (QED) is 0.831. The van der Waals surface area contributed by atoms with Crippen molar-refractivity contribution in [1.29, 1.82) is 0 Å². The molecule has 0 amide bonds. The smallest absolute Gasteiger partial charge is 0.203 e. The molecule has 1 aliphatic rings. The van der Waals surface area contributed by atoms with Crippen LogP contribution in [0.4, 0.5) is 5.95 Å². The molecule has 1 aromatic heterocycles. The van der Waals surface area contributed by atoms with Crippen molar-refractivity contribution in [2.24, 2.45) is 0 Å². The van der Waals surface area contributed by atoms with Gasteiger partial charge in [0.2, 0.25) is 5.95 Å². The first-order chi connectivity index (χ1) is 7.79. The lowest BCUT2D eigenvalue weighted by atomic mass is 10.2. The zero-order chi connectivity index (χ0) is 11.4. The molecule has 1 fully saturated rings. The van der Waals surface area contributed by atoms with E-state index in [1.807, 2.05) is 6.92 Å². The zero-order valence-electron chi connectivity index (χ0n) is 10.2. The first-order valence-corrected chi connectivity index (χ1v) is 6.19. The molecule has 4 nitrogen and oxygen atoms in total. The van der Waals surface area contributed by atoms with Crippen LogP contribution in [-0.2, 0) is 11.3 Å². The third-order valence-corrected chi connectivity index (χ3v) is 2.95. The average Bonchev–Trinajstić information content (AvgIpc) is 2.86. The van der Waals surface area contributed by atoms with Crippen LogP contribution in [0.2, 0.25) is 0 Å². The van der Waals surface area contributed by atoms with Crippen molar-refractivity contribution in [1.82, 2.24) is 9.55 Å². The van der Waals surface area contributed by atoms with Crippen LogP contribution in [-0.4, -0.2) is 28.8 Å². The van der Waals surface area contributed by atoms with Crippen molar-refractivity contribution in [2.45, 2.75) is 45.8 Å². The summed E-state index contributed by atoms with van der Waals surface area (Å²) in [7, 11) is 0. The molecule has 0 saturated carbocycles. The minimum Gasteiger partial charge on any atom is -0.378 e. The van der Waals surface area contributed by atoms with E-state index in [1.165, 1.54) is 12.8 Å². The van der Waals surface area contributed by atoms with Gasteiger partial charge < -0.3 is 14.6 Å². The highest BCUT2D eigenvalue weighted by atomic mass is 16.5. The molecular formula is C12H21N3O. The Morgan fingerprint density at radius 1 is 1.62 bits per heavy atom. The van der Waals surface area contributed by atoms with Crippen molar-refractivity contribution in [3.05, 3.63) is 11.9 Å². The van der Waals surface area contributed by atoms with Gasteiger partial charge in [0.25, 0.3) is 0 Å². The van der Waals surface area contributed by atoms with Crippen LogP contribution in [0, 0.1) is 6.92 Å². The largest absolute Gasteiger partial charge is 0.378 e. The van der Waals surface area contributed by atoms with E-state index in [9.17, 15) is 0 Å². The van der Waals surface area contributed by atoms with E-state index in [0.717, 1.165) is 37.8 Å². The molecule has 2 rings (SSSR count). The number of rotatable bonds is 5. The van der Waals surface area contributed by atoms with E-state index in [4.69, 9.17) is 4.74 Å². The van der Waals surface area contributed by atoms with Gasteiger partial charge in [-0.25, -0.2) is 4.98 Å². The predicted molar refractivity (Wildman–Crippen MR) is 64.7 cm³/mol. The molecule has 0 bridgehead atoms. The molecule has 0 radical (unpaired) electrons. The number of aryl methyl sites for hydroxylation is 2. The summed E-state index contributed by atoms with van der Waals surface area (Å²) >= 11 is 0. The normalized spacial score (nSPS) is 20.2. The Hall–Kier alpha value is -1.03. The Bertz CT molecular complexity index is 329. The average molecular weight is 223 g/mol. The van der Waals surface area contributed by atoms with Crippen LogP contribution >= 0.6 is 0 Å². The number of anilines is 1. The molecule has 90 valence electrons. The molecule has 2 heterocycles. The number of nitrogens with zero attached hydrogens (tertiary/aromatic N) is 2. The lowest BCUT2D eigenvalue weighted by Crippen LogP contribution is -2.12. The third-order valence-electron chi connectivity index (χ3n) is 2.95. The topological polar surface area (TPSA) is 39.1 Å². The standard InChI is InChI=1S/C12H21N3O/c1-3-13-12-14-10(2)9-15(12)7-6-11-5-4-8-16-11/h9,11H,3-8H2,1-2H3,(H,13,14). The Morgan fingerprint density at radius 3 is 3.19 bits per heavy atom. The Morgan fingerprint density at radius 2 is 2.50 bits per heavy atom. The first kappa shape index (κ1) is 11.5. The minimum absolute atomic E-state index is 0.456. The summed E-state index contributed by atoms with van der Waals surface area (Å²) < 4.78 is 7.82. The van der Waals surface area contributed by atoms with Gasteiger partial charge in [-0.15, -0.1) is 0 Å². The van der Waals surface area contributed by atoms with E-state index in [-0.39, 0.29) is 0 Å². The molecule has 0 spiro atoms. The Kier molecular flexibility index (Phi) is 3.83. The molecule has 1 N–H and O–H groups in total. The van der Waals surface area contributed by atoms with Crippen LogP contribution in [0.1, 0.15) is 31.9 Å². The second-order valence-electron chi connectivity index (χ2n) is 4.35. The molecule has 4 heteroatoms. The Balaban J connectivity index is 1.91. The minimum atomic E-state index is 0.456. The molecule has 0 aliphatic carbocycles. The van der Waals surface area contributed by atoms with Gasteiger partial charge in [-0.3, -0.25) is 0 Å². The molecule has 1 unspecified atom stereocenters. The van der Waals surface area contributed by atoms with Gasteiger partial charge in [-0.05, 0) is 33.1 Å². The van der Waals surface area contributed by atoms with Gasteiger partial charge in [0.05, 0.1) is 11.8 Å². The van der Waals surface area contributed by atoms with Crippen LogP contribution in [0.15, 0.2) is 6.20 Å². The summed E-state index contributed by atoms with van der Waals surface area (Å²) in [6, 6.07) is 0. The van der Waals surface area contributed by atoms with E-state index < -0.39 is 0 Å². The number of hydrogen-bond acceptors (Lipinski definition) is 3. The van der Waals surface area contributed by atoms with Crippen LogP contribution in [0.5, 0.6) is 0 Å². The van der Waals surface area contributed by atoms with Crippen LogP contribution < -0.4 is 5.32 Å². The van der Waals surface area contributed by atoms with Gasteiger partial charge in [0.15, 0.2) is 0 Å². The maximum absolute atomic E-state index is 5.63. The van der Waals surface area contributed by atoms with Crippen molar-refractivity contribution < 1.29 is 4.74 Å². The summed E-state index contributed by atoms with van der Waals surface area (Å²) in [5.74, 6) is 0.984. The van der Waals surface area contributed by atoms with Crippen molar-refractivity contribution in [3.8, 4) is 0 Å². The Labute approximate surface area is 97.0 Å². The van der Waals surface area contributed by atoms with Crippen LogP contribution in [0.3, 0.4) is 0 Å². The second-order valence-corrected chi connectivity index (χ2v) is 4.35. The summed E-state index contributed by atoms with van der Waals surface area (Å²) in [6.07, 6.45) is 6.08.